The first kappa shape index (κ1) is 27.9. The van der Waals surface area contributed by atoms with Gasteiger partial charge in [-0.1, -0.05) is 37.8 Å². The number of carbonyl (C=O) groups excluding carboxylic acids is 4. The first-order valence-corrected chi connectivity index (χ1v) is 15.8. The molecule has 4 aliphatic rings. The standard InChI is InChI=1S/C35H42N2O4/c1-3-36-32(38)28-15-13-26(20-30(28)34(36)40)18-24-9-5-22(6-10-24)17-23-7-11-25(12-8-23)19-27-14-16-29-31(21-27)35(41)37(4-2)33(29)39/h13-16,20-25H,3-12,17-19H2,1-2H3. The van der Waals surface area contributed by atoms with Crippen molar-refractivity contribution in [3.8, 4) is 0 Å². The molecule has 6 nitrogen and oxygen atoms in total. The molecule has 2 fully saturated rings. The minimum Gasteiger partial charge on any atom is -0.275 e. The van der Waals surface area contributed by atoms with Crippen LogP contribution in [-0.2, 0) is 12.8 Å². The number of hydrogen-bond acceptors (Lipinski definition) is 4. The largest absolute Gasteiger partial charge is 0.275 e. The first-order valence-electron chi connectivity index (χ1n) is 15.8. The molecule has 0 saturated heterocycles. The van der Waals surface area contributed by atoms with Gasteiger partial charge < -0.3 is 0 Å². The summed E-state index contributed by atoms with van der Waals surface area (Å²) in [6, 6.07) is 11.7. The van der Waals surface area contributed by atoms with Crippen LogP contribution in [0.3, 0.4) is 0 Å². The highest BCUT2D eigenvalue weighted by Crippen LogP contribution is 2.40. The number of nitrogens with zero attached hydrogens (tertiary/aromatic N) is 2. The lowest BCUT2D eigenvalue weighted by molar-refractivity contribution is 0.0647. The van der Waals surface area contributed by atoms with Crippen LogP contribution in [0.25, 0.3) is 0 Å². The normalized spacial score (nSPS) is 26.1. The molecule has 41 heavy (non-hydrogen) atoms. The molecule has 0 spiro atoms. The molecule has 2 aliphatic carbocycles. The van der Waals surface area contributed by atoms with E-state index in [1.165, 1.54) is 78.7 Å². The van der Waals surface area contributed by atoms with E-state index in [0.29, 0.717) is 47.2 Å². The smallest absolute Gasteiger partial charge is 0.261 e. The van der Waals surface area contributed by atoms with E-state index in [1.807, 2.05) is 50.2 Å². The van der Waals surface area contributed by atoms with Gasteiger partial charge in [0.25, 0.3) is 23.6 Å². The van der Waals surface area contributed by atoms with Crippen molar-refractivity contribution in [2.75, 3.05) is 13.1 Å². The fourth-order valence-corrected chi connectivity index (χ4v) is 7.98. The third-order valence-corrected chi connectivity index (χ3v) is 10.4. The van der Waals surface area contributed by atoms with Crippen molar-refractivity contribution in [2.24, 2.45) is 23.7 Å². The van der Waals surface area contributed by atoms with Crippen LogP contribution in [0.15, 0.2) is 36.4 Å². The lowest BCUT2D eigenvalue weighted by atomic mass is 9.71. The summed E-state index contributed by atoms with van der Waals surface area (Å²) in [5.41, 5.74) is 4.66. The summed E-state index contributed by atoms with van der Waals surface area (Å²) < 4.78 is 0. The third-order valence-electron chi connectivity index (χ3n) is 10.4. The maximum absolute atomic E-state index is 12.6. The molecule has 2 aromatic rings. The minimum absolute atomic E-state index is 0.144. The number of benzene rings is 2. The predicted octanol–water partition coefficient (Wildman–Crippen LogP) is 6.71. The van der Waals surface area contributed by atoms with Gasteiger partial charge in [-0.2, -0.15) is 0 Å². The molecule has 2 saturated carbocycles. The van der Waals surface area contributed by atoms with Gasteiger partial charge in [-0.15, -0.1) is 0 Å². The molecule has 2 heterocycles. The van der Waals surface area contributed by atoms with E-state index in [-0.39, 0.29) is 23.6 Å². The summed E-state index contributed by atoms with van der Waals surface area (Å²) in [6.07, 6.45) is 13.5. The molecule has 0 aromatic heterocycles. The molecule has 2 aromatic carbocycles. The van der Waals surface area contributed by atoms with Gasteiger partial charge in [-0.05, 0) is 118 Å². The van der Waals surface area contributed by atoms with Gasteiger partial charge in [0.15, 0.2) is 0 Å². The highest BCUT2D eigenvalue weighted by Gasteiger charge is 2.36. The summed E-state index contributed by atoms with van der Waals surface area (Å²) in [5, 5.41) is 0. The van der Waals surface area contributed by atoms with E-state index in [9.17, 15) is 19.2 Å². The van der Waals surface area contributed by atoms with E-state index in [4.69, 9.17) is 0 Å². The monoisotopic (exact) mass is 554 g/mol. The minimum atomic E-state index is -0.158. The van der Waals surface area contributed by atoms with Crippen molar-refractivity contribution in [3.63, 3.8) is 0 Å². The number of rotatable bonds is 8. The third kappa shape index (κ3) is 5.38. The van der Waals surface area contributed by atoms with Crippen LogP contribution in [0.4, 0.5) is 0 Å². The Hall–Kier alpha value is -3.28. The first-order chi connectivity index (χ1) is 19.9. The second-order valence-corrected chi connectivity index (χ2v) is 12.9. The highest BCUT2D eigenvalue weighted by atomic mass is 16.2. The summed E-state index contributed by atoms with van der Waals surface area (Å²) in [5.74, 6) is 2.37. The molecule has 0 unspecified atom stereocenters. The number of amides is 4. The lowest BCUT2D eigenvalue weighted by Crippen LogP contribution is -2.29. The average Bonchev–Trinajstić information content (AvgIpc) is 3.37. The molecule has 4 amide bonds. The van der Waals surface area contributed by atoms with Crippen LogP contribution >= 0.6 is 0 Å². The summed E-state index contributed by atoms with van der Waals surface area (Å²) in [4.78, 5) is 52.7. The maximum Gasteiger partial charge on any atom is 0.261 e. The van der Waals surface area contributed by atoms with Crippen molar-refractivity contribution in [2.45, 2.75) is 84.5 Å². The number of imide groups is 2. The molecule has 0 atom stereocenters. The lowest BCUT2D eigenvalue weighted by Gasteiger charge is -2.34. The highest BCUT2D eigenvalue weighted by molar-refractivity contribution is 6.22. The summed E-state index contributed by atoms with van der Waals surface area (Å²) in [7, 11) is 0. The Labute approximate surface area is 243 Å². The Morgan fingerprint density at radius 3 is 1.22 bits per heavy atom. The van der Waals surface area contributed by atoms with Crippen LogP contribution in [0.2, 0.25) is 0 Å². The zero-order valence-corrected chi connectivity index (χ0v) is 24.5. The van der Waals surface area contributed by atoms with E-state index in [1.54, 1.807) is 0 Å². The molecule has 0 radical (unpaired) electrons. The van der Waals surface area contributed by atoms with Gasteiger partial charge in [-0.3, -0.25) is 29.0 Å². The fourth-order valence-electron chi connectivity index (χ4n) is 7.98. The van der Waals surface area contributed by atoms with E-state index in [0.717, 1.165) is 24.7 Å². The van der Waals surface area contributed by atoms with Gasteiger partial charge in [0.2, 0.25) is 0 Å². The fraction of sp³-hybridized carbons (Fsp3) is 0.543. The van der Waals surface area contributed by atoms with E-state index < -0.39 is 0 Å². The number of fused-ring (bicyclic) bond motifs is 2. The SMILES string of the molecule is CCN1C(=O)c2ccc(CC3CCC(CC4CCC(Cc5ccc6c(c5)C(=O)N(CC)C6=O)CC4)CC3)cc2C1=O. The summed E-state index contributed by atoms with van der Waals surface area (Å²) >= 11 is 0. The van der Waals surface area contributed by atoms with E-state index >= 15 is 0 Å². The molecule has 0 N–H and O–H groups in total. The zero-order chi connectivity index (χ0) is 28.7. The van der Waals surface area contributed by atoms with Gasteiger partial charge in [-0.25, -0.2) is 0 Å². The second kappa shape index (κ2) is 11.5. The van der Waals surface area contributed by atoms with Crippen molar-refractivity contribution >= 4 is 23.6 Å². The van der Waals surface area contributed by atoms with Crippen LogP contribution in [0.1, 0.15) is 124 Å². The number of carbonyl (C=O) groups is 4. The maximum atomic E-state index is 12.6. The molecular weight excluding hydrogens is 512 g/mol. The predicted molar refractivity (Wildman–Crippen MR) is 158 cm³/mol. The van der Waals surface area contributed by atoms with Gasteiger partial charge in [0, 0.05) is 13.1 Å². The Bertz CT molecular complexity index is 1260. The Morgan fingerprint density at radius 2 is 0.854 bits per heavy atom. The van der Waals surface area contributed by atoms with Crippen molar-refractivity contribution in [3.05, 3.63) is 69.8 Å². The number of hydrogen-bond donors (Lipinski definition) is 0. The molecule has 6 rings (SSSR count). The Kier molecular flexibility index (Phi) is 7.84. The van der Waals surface area contributed by atoms with Crippen molar-refractivity contribution < 1.29 is 19.2 Å². The quantitative estimate of drug-likeness (QED) is 0.340. The van der Waals surface area contributed by atoms with Crippen LogP contribution in [0.5, 0.6) is 0 Å². The van der Waals surface area contributed by atoms with Crippen LogP contribution in [-0.4, -0.2) is 46.5 Å². The summed E-state index contributed by atoms with van der Waals surface area (Å²) in [6.45, 7) is 4.53. The van der Waals surface area contributed by atoms with Gasteiger partial charge in [0.05, 0.1) is 22.3 Å². The molecule has 2 aliphatic heterocycles. The Morgan fingerprint density at radius 1 is 0.512 bits per heavy atom. The molecule has 216 valence electrons. The second-order valence-electron chi connectivity index (χ2n) is 12.9. The van der Waals surface area contributed by atoms with Crippen molar-refractivity contribution in [1.29, 1.82) is 0 Å². The Balaban J connectivity index is 0.944. The topological polar surface area (TPSA) is 74.8 Å². The molecule has 6 heteroatoms. The zero-order valence-electron chi connectivity index (χ0n) is 24.5. The van der Waals surface area contributed by atoms with Crippen LogP contribution < -0.4 is 0 Å². The van der Waals surface area contributed by atoms with E-state index in [2.05, 4.69) is 0 Å². The van der Waals surface area contributed by atoms with Crippen molar-refractivity contribution in [1.82, 2.24) is 9.80 Å². The van der Waals surface area contributed by atoms with Crippen LogP contribution in [0, 0.1) is 23.7 Å². The average molecular weight is 555 g/mol. The molecule has 0 bridgehead atoms. The molecular formula is C35H42N2O4. The van der Waals surface area contributed by atoms with Gasteiger partial charge in [0.1, 0.15) is 0 Å². The van der Waals surface area contributed by atoms with Gasteiger partial charge >= 0.3 is 0 Å².